The van der Waals surface area contributed by atoms with Crippen molar-refractivity contribution in [2.75, 3.05) is 0 Å². The molecule has 2 fully saturated rings. The van der Waals surface area contributed by atoms with E-state index in [1.165, 1.54) is 37.0 Å². The summed E-state index contributed by atoms with van der Waals surface area (Å²) in [6.45, 7) is 4.49. The molecule has 1 N–H and O–H groups in total. The predicted molar refractivity (Wildman–Crippen MR) is 84.3 cm³/mol. The highest BCUT2D eigenvalue weighted by Gasteiger charge is 2.34. The van der Waals surface area contributed by atoms with E-state index in [9.17, 15) is 0 Å². The van der Waals surface area contributed by atoms with Gasteiger partial charge in [0.1, 0.15) is 11.3 Å². The van der Waals surface area contributed by atoms with E-state index in [2.05, 4.69) is 34.8 Å². The van der Waals surface area contributed by atoms with Gasteiger partial charge < -0.3 is 9.88 Å². The maximum Gasteiger partial charge on any atom is 0.110 e. The minimum atomic E-state index is 0.450. The molecule has 0 saturated carbocycles. The minimum Gasteiger partial charge on any atom is -0.325 e. The molecule has 2 aromatic rings. The SMILES string of the molecule is CC(C)n1c(CC2CC3CCC(C2)N3)nc2cnccc21. The first kappa shape index (κ1) is 13.3. The molecule has 2 bridgehead atoms. The summed E-state index contributed by atoms with van der Waals surface area (Å²) < 4.78 is 2.40. The number of imidazole rings is 1. The Labute approximate surface area is 126 Å². The lowest BCUT2D eigenvalue weighted by molar-refractivity contribution is 0.292. The van der Waals surface area contributed by atoms with Crippen molar-refractivity contribution in [2.45, 2.75) is 64.1 Å². The number of nitrogens with zero attached hydrogens (tertiary/aromatic N) is 3. The highest BCUT2D eigenvalue weighted by atomic mass is 15.1. The Morgan fingerprint density at radius 1 is 1.29 bits per heavy atom. The van der Waals surface area contributed by atoms with E-state index in [1.807, 2.05) is 12.4 Å². The predicted octanol–water partition coefficient (Wildman–Crippen LogP) is 3.09. The molecular weight excluding hydrogens is 260 g/mol. The summed E-state index contributed by atoms with van der Waals surface area (Å²) in [7, 11) is 0. The van der Waals surface area contributed by atoms with Gasteiger partial charge in [0, 0.05) is 30.7 Å². The van der Waals surface area contributed by atoms with Gasteiger partial charge in [0.25, 0.3) is 0 Å². The van der Waals surface area contributed by atoms with Crippen molar-refractivity contribution >= 4 is 11.0 Å². The van der Waals surface area contributed by atoms with Crippen LogP contribution in [-0.4, -0.2) is 26.6 Å². The monoisotopic (exact) mass is 284 g/mol. The van der Waals surface area contributed by atoms with Gasteiger partial charge in [-0.25, -0.2) is 4.98 Å². The third-order valence-electron chi connectivity index (χ3n) is 5.12. The van der Waals surface area contributed by atoms with Crippen LogP contribution < -0.4 is 5.32 Å². The number of aromatic nitrogens is 3. The van der Waals surface area contributed by atoms with Crippen LogP contribution in [0.1, 0.15) is 51.4 Å². The lowest BCUT2D eigenvalue weighted by Crippen LogP contribution is -2.38. The quantitative estimate of drug-likeness (QED) is 0.942. The van der Waals surface area contributed by atoms with Crippen molar-refractivity contribution in [1.29, 1.82) is 0 Å². The van der Waals surface area contributed by atoms with Gasteiger partial charge in [-0.15, -0.1) is 0 Å². The molecule has 2 atom stereocenters. The van der Waals surface area contributed by atoms with Gasteiger partial charge in [-0.05, 0) is 51.5 Å². The summed E-state index contributed by atoms with van der Waals surface area (Å²) >= 11 is 0. The van der Waals surface area contributed by atoms with Crippen molar-refractivity contribution < 1.29 is 0 Å². The highest BCUT2D eigenvalue weighted by Crippen LogP contribution is 2.33. The average Bonchev–Trinajstić information content (AvgIpc) is 2.98. The molecular formula is C17H24N4. The fourth-order valence-corrected chi connectivity index (χ4v) is 4.32. The summed E-state index contributed by atoms with van der Waals surface area (Å²) in [4.78, 5) is 9.10. The van der Waals surface area contributed by atoms with Gasteiger partial charge in [0.2, 0.25) is 0 Å². The molecule has 4 heteroatoms. The molecule has 0 amide bonds. The lowest BCUT2D eigenvalue weighted by atomic mass is 9.89. The third-order valence-corrected chi connectivity index (χ3v) is 5.12. The molecule has 0 aliphatic carbocycles. The Morgan fingerprint density at radius 2 is 2.05 bits per heavy atom. The number of piperidine rings is 1. The van der Waals surface area contributed by atoms with E-state index in [0.717, 1.165) is 29.9 Å². The first-order valence-electron chi connectivity index (χ1n) is 8.27. The van der Waals surface area contributed by atoms with Crippen LogP contribution in [0.5, 0.6) is 0 Å². The number of pyridine rings is 1. The molecule has 0 spiro atoms. The third kappa shape index (κ3) is 2.35. The molecule has 2 unspecified atom stereocenters. The normalized spacial score (nSPS) is 28.6. The van der Waals surface area contributed by atoms with Gasteiger partial charge in [0.15, 0.2) is 0 Å². The van der Waals surface area contributed by atoms with E-state index < -0.39 is 0 Å². The van der Waals surface area contributed by atoms with E-state index in [0.29, 0.717) is 6.04 Å². The van der Waals surface area contributed by atoms with Crippen LogP contribution in [0.2, 0.25) is 0 Å². The largest absolute Gasteiger partial charge is 0.325 e. The standard InChI is InChI=1S/C17H24N4/c1-11(2)21-16-5-6-18-10-15(16)20-17(21)9-12-7-13-3-4-14(8-12)19-13/h5-6,10-14,19H,3-4,7-9H2,1-2H3. The molecule has 0 aromatic carbocycles. The van der Waals surface area contributed by atoms with E-state index >= 15 is 0 Å². The fourth-order valence-electron chi connectivity index (χ4n) is 4.32. The molecule has 21 heavy (non-hydrogen) atoms. The summed E-state index contributed by atoms with van der Waals surface area (Å²) in [6, 6.07) is 4.06. The molecule has 4 heterocycles. The Kier molecular flexibility index (Phi) is 3.21. The molecule has 4 nitrogen and oxygen atoms in total. The van der Waals surface area contributed by atoms with Gasteiger partial charge in [-0.3, -0.25) is 4.98 Å². The number of hydrogen-bond acceptors (Lipinski definition) is 3. The van der Waals surface area contributed by atoms with Crippen LogP contribution in [0.3, 0.4) is 0 Å². The van der Waals surface area contributed by atoms with Crippen molar-refractivity contribution in [3.05, 3.63) is 24.3 Å². The van der Waals surface area contributed by atoms with Crippen molar-refractivity contribution in [3.8, 4) is 0 Å². The Morgan fingerprint density at radius 3 is 2.76 bits per heavy atom. The van der Waals surface area contributed by atoms with Gasteiger partial charge in [-0.2, -0.15) is 0 Å². The number of rotatable bonds is 3. The number of hydrogen-bond donors (Lipinski definition) is 1. The van der Waals surface area contributed by atoms with Gasteiger partial charge in [-0.1, -0.05) is 0 Å². The summed E-state index contributed by atoms with van der Waals surface area (Å²) in [5.74, 6) is 2.03. The van der Waals surface area contributed by atoms with Crippen LogP contribution in [-0.2, 0) is 6.42 Å². The second kappa shape index (κ2) is 5.09. The van der Waals surface area contributed by atoms with Crippen LogP contribution in [0, 0.1) is 5.92 Å². The lowest BCUT2D eigenvalue weighted by Gasteiger charge is -2.29. The first-order valence-corrected chi connectivity index (χ1v) is 8.27. The Bertz CT molecular complexity index is 633. The molecule has 4 rings (SSSR count). The van der Waals surface area contributed by atoms with Crippen LogP contribution in [0.15, 0.2) is 18.5 Å². The summed E-state index contributed by atoms with van der Waals surface area (Å²) in [6.07, 6.45) is 10.2. The number of fused-ring (bicyclic) bond motifs is 3. The molecule has 2 saturated heterocycles. The smallest absolute Gasteiger partial charge is 0.110 e. The van der Waals surface area contributed by atoms with Crippen LogP contribution in [0.4, 0.5) is 0 Å². The first-order chi connectivity index (χ1) is 10.2. The zero-order chi connectivity index (χ0) is 14.4. The summed E-state index contributed by atoms with van der Waals surface area (Å²) in [5.41, 5.74) is 2.27. The molecule has 2 aliphatic heterocycles. The molecule has 0 radical (unpaired) electrons. The molecule has 2 aliphatic rings. The van der Waals surface area contributed by atoms with Gasteiger partial charge in [0.05, 0.1) is 11.7 Å². The summed E-state index contributed by atoms with van der Waals surface area (Å²) in [5, 5.41) is 3.73. The van der Waals surface area contributed by atoms with Crippen molar-refractivity contribution in [3.63, 3.8) is 0 Å². The second-order valence-corrected chi connectivity index (χ2v) is 7.04. The Hall–Kier alpha value is -1.42. The minimum absolute atomic E-state index is 0.450. The molecule has 2 aromatic heterocycles. The Balaban J connectivity index is 1.65. The zero-order valence-corrected chi connectivity index (χ0v) is 12.9. The van der Waals surface area contributed by atoms with Crippen LogP contribution in [0.25, 0.3) is 11.0 Å². The second-order valence-electron chi connectivity index (χ2n) is 7.04. The van der Waals surface area contributed by atoms with E-state index in [4.69, 9.17) is 4.98 Å². The highest BCUT2D eigenvalue weighted by molar-refractivity contribution is 5.74. The maximum absolute atomic E-state index is 4.88. The van der Waals surface area contributed by atoms with Crippen molar-refractivity contribution in [1.82, 2.24) is 19.9 Å². The molecule has 112 valence electrons. The van der Waals surface area contributed by atoms with E-state index in [-0.39, 0.29) is 0 Å². The van der Waals surface area contributed by atoms with Crippen LogP contribution >= 0.6 is 0 Å². The van der Waals surface area contributed by atoms with E-state index in [1.54, 1.807) is 0 Å². The number of nitrogens with one attached hydrogen (secondary N) is 1. The average molecular weight is 284 g/mol. The fraction of sp³-hybridized carbons (Fsp3) is 0.647. The van der Waals surface area contributed by atoms with Crippen molar-refractivity contribution in [2.24, 2.45) is 5.92 Å². The zero-order valence-electron chi connectivity index (χ0n) is 12.9. The van der Waals surface area contributed by atoms with Gasteiger partial charge >= 0.3 is 0 Å². The topological polar surface area (TPSA) is 42.7 Å². The maximum atomic E-state index is 4.88.